The number of rotatable bonds is 0. The Morgan fingerprint density at radius 3 is 1.00 bits per heavy atom. The van der Waals surface area contributed by atoms with E-state index in [0.29, 0.717) is 5.75 Å². The van der Waals surface area contributed by atoms with Crippen molar-refractivity contribution in [3.05, 3.63) is 67.5 Å². The van der Waals surface area contributed by atoms with Crippen LogP contribution in [0.5, 0.6) is 5.75 Å². The summed E-state index contributed by atoms with van der Waals surface area (Å²) in [6.45, 7) is 0. The summed E-state index contributed by atoms with van der Waals surface area (Å²) in [5, 5.41) is 36.6. The third-order valence-corrected chi connectivity index (χ3v) is 1.75. The molecule has 0 saturated heterocycles. The Morgan fingerprint density at radius 2 is 0.870 bits per heavy atom. The van der Waals surface area contributed by atoms with Crippen molar-refractivity contribution in [2.24, 2.45) is 0 Å². The van der Waals surface area contributed by atoms with Gasteiger partial charge in [-0.25, -0.2) is 0 Å². The minimum absolute atomic E-state index is 0. The number of aromatic nitrogens is 9. The van der Waals surface area contributed by atoms with Crippen LogP contribution in [0.15, 0.2) is 67.5 Å². The Bertz CT molecular complexity index is 498. The van der Waals surface area contributed by atoms with Gasteiger partial charge in [0.25, 0.3) is 0 Å². The average Bonchev–Trinajstić information content (AvgIpc) is 3.37. The highest BCUT2D eigenvalue weighted by Crippen LogP contribution is 2.02. The molecule has 4 rings (SSSR count). The molecule has 0 bridgehead atoms. The van der Waals surface area contributed by atoms with Crippen LogP contribution in [-0.2, 0) is 0 Å². The summed E-state index contributed by atoms with van der Waals surface area (Å²) in [6, 6.07) is 8.71. The van der Waals surface area contributed by atoms with Crippen LogP contribution >= 0.6 is 0 Å². The second-order valence-electron chi connectivity index (χ2n) is 3.30. The maximum absolute atomic E-state index is 8.63. The molecular weight excluding hydrogens is 302 g/mol. The molecular formula is C12H17N9O2. The summed E-state index contributed by atoms with van der Waals surface area (Å²) in [5.74, 6) is 0.322. The van der Waals surface area contributed by atoms with Crippen molar-refractivity contribution in [3.8, 4) is 5.75 Å². The minimum Gasteiger partial charge on any atom is -0.508 e. The molecule has 0 aliphatic rings. The first-order chi connectivity index (χ1) is 10.9. The third kappa shape index (κ3) is 13.1. The number of nitrogens with one attached hydrogen (secondary N) is 3. The maximum atomic E-state index is 8.63. The second kappa shape index (κ2) is 14.8. The monoisotopic (exact) mass is 319 g/mol. The lowest BCUT2D eigenvalue weighted by molar-refractivity contribution is 0.475. The zero-order chi connectivity index (χ0) is 15.7. The molecule has 0 radical (unpaired) electrons. The molecule has 0 aliphatic carbocycles. The van der Waals surface area contributed by atoms with Gasteiger partial charge in [0.05, 0.1) is 37.2 Å². The van der Waals surface area contributed by atoms with Gasteiger partial charge in [0.1, 0.15) is 5.75 Å². The molecule has 3 aromatic heterocycles. The Labute approximate surface area is 131 Å². The van der Waals surface area contributed by atoms with E-state index in [0.717, 1.165) is 0 Å². The predicted octanol–water partition coefficient (Wildman–Crippen LogP) is -0.0184. The number of aromatic hydroxyl groups is 1. The molecule has 11 heteroatoms. The number of para-hydroxylation sites is 1. The van der Waals surface area contributed by atoms with E-state index in [-0.39, 0.29) is 5.48 Å². The van der Waals surface area contributed by atoms with Crippen LogP contribution in [0.2, 0.25) is 0 Å². The molecule has 11 nitrogen and oxygen atoms in total. The Hall–Kier alpha value is -3.60. The Balaban J connectivity index is 0.000000280. The maximum Gasteiger partial charge on any atom is 0.115 e. The largest absolute Gasteiger partial charge is 0.508 e. The summed E-state index contributed by atoms with van der Waals surface area (Å²) in [7, 11) is 0. The highest BCUT2D eigenvalue weighted by molar-refractivity contribution is 5.18. The number of benzene rings is 1. The second-order valence-corrected chi connectivity index (χ2v) is 3.30. The van der Waals surface area contributed by atoms with E-state index < -0.39 is 0 Å². The van der Waals surface area contributed by atoms with E-state index in [1.165, 1.54) is 0 Å². The van der Waals surface area contributed by atoms with Gasteiger partial charge in [-0.2, -0.15) is 46.2 Å². The highest BCUT2D eigenvalue weighted by atomic mass is 16.3. The van der Waals surface area contributed by atoms with Crippen molar-refractivity contribution in [3.63, 3.8) is 0 Å². The summed E-state index contributed by atoms with van der Waals surface area (Å²) in [4.78, 5) is 0. The molecule has 0 spiro atoms. The van der Waals surface area contributed by atoms with E-state index in [1.807, 2.05) is 6.07 Å². The van der Waals surface area contributed by atoms with Gasteiger partial charge in [0.15, 0.2) is 0 Å². The lowest BCUT2D eigenvalue weighted by atomic mass is 10.3. The predicted molar refractivity (Wildman–Crippen MR) is 80.9 cm³/mol. The molecule has 0 saturated carbocycles. The fourth-order valence-corrected chi connectivity index (χ4v) is 0.928. The fourth-order valence-electron chi connectivity index (χ4n) is 0.928. The standard InChI is InChI=1S/C6H6O.3C2H3N3.H2O/c7-6-4-2-1-3-5-6;3*1-2-4-5-3-1;/h1-5,7H;3*1-2H,(H,3,4,5);1H2. The van der Waals surface area contributed by atoms with Crippen molar-refractivity contribution in [2.75, 3.05) is 0 Å². The smallest absolute Gasteiger partial charge is 0.115 e. The molecule has 0 aliphatic heterocycles. The number of nitrogens with zero attached hydrogens (tertiary/aromatic N) is 6. The van der Waals surface area contributed by atoms with E-state index >= 15 is 0 Å². The van der Waals surface area contributed by atoms with Gasteiger partial charge in [-0.3, -0.25) is 0 Å². The fraction of sp³-hybridized carbons (Fsp3) is 0. The van der Waals surface area contributed by atoms with Crippen molar-refractivity contribution in [1.82, 2.24) is 46.2 Å². The molecule has 0 atom stereocenters. The van der Waals surface area contributed by atoms with Gasteiger partial charge >= 0.3 is 0 Å². The molecule has 0 amide bonds. The first-order valence-corrected chi connectivity index (χ1v) is 6.03. The van der Waals surface area contributed by atoms with Gasteiger partial charge in [-0.15, -0.1) is 0 Å². The van der Waals surface area contributed by atoms with Gasteiger partial charge in [0, 0.05) is 0 Å². The van der Waals surface area contributed by atoms with Crippen LogP contribution in [0.4, 0.5) is 0 Å². The average molecular weight is 319 g/mol. The third-order valence-electron chi connectivity index (χ3n) is 1.75. The summed E-state index contributed by atoms with van der Waals surface area (Å²) < 4.78 is 0. The van der Waals surface area contributed by atoms with Crippen LogP contribution in [0, 0.1) is 0 Å². The first-order valence-electron chi connectivity index (χ1n) is 6.03. The normalized spacial score (nSPS) is 7.83. The van der Waals surface area contributed by atoms with Crippen LogP contribution < -0.4 is 0 Å². The highest BCUT2D eigenvalue weighted by Gasteiger charge is 1.74. The van der Waals surface area contributed by atoms with Gasteiger partial charge in [0.2, 0.25) is 0 Å². The van der Waals surface area contributed by atoms with E-state index in [1.54, 1.807) is 61.4 Å². The van der Waals surface area contributed by atoms with Crippen LogP contribution in [-0.4, -0.2) is 56.8 Å². The zero-order valence-electron chi connectivity index (χ0n) is 12.0. The lowest BCUT2D eigenvalue weighted by Crippen LogP contribution is -1.61. The number of hydrogen-bond donors (Lipinski definition) is 4. The number of aromatic amines is 3. The van der Waals surface area contributed by atoms with Gasteiger partial charge in [-0.05, 0) is 12.1 Å². The minimum atomic E-state index is 0. The summed E-state index contributed by atoms with van der Waals surface area (Å²) >= 11 is 0. The molecule has 3 heterocycles. The van der Waals surface area contributed by atoms with Gasteiger partial charge in [-0.1, -0.05) is 18.2 Å². The topological polar surface area (TPSA) is 176 Å². The molecule has 0 unspecified atom stereocenters. The quantitative estimate of drug-likeness (QED) is 0.352. The van der Waals surface area contributed by atoms with Crippen molar-refractivity contribution < 1.29 is 10.6 Å². The van der Waals surface area contributed by atoms with E-state index in [9.17, 15) is 0 Å². The van der Waals surface area contributed by atoms with Crippen LogP contribution in [0.1, 0.15) is 0 Å². The summed E-state index contributed by atoms with van der Waals surface area (Å²) in [6.07, 6.45) is 9.50. The number of phenols is 1. The molecule has 23 heavy (non-hydrogen) atoms. The first kappa shape index (κ1) is 19.4. The zero-order valence-corrected chi connectivity index (χ0v) is 12.0. The molecule has 0 fully saturated rings. The SMILES string of the molecule is O.Oc1ccccc1.c1cn[nH]n1.c1cn[nH]n1.c1cn[nH]n1. The van der Waals surface area contributed by atoms with Crippen LogP contribution in [0.25, 0.3) is 0 Å². The molecule has 1 aromatic carbocycles. The lowest BCUT2D eigenvalue weighted by Gasteiger charge is -1.82. The van der Waals surface area contributed by atoms with Gasteiger partial charge < -0.3 is 10.6 Å². The molecule has 4 aromatic rings. The van der Waals surface area contributed by atoms with Crippen molar-refractivity contribution >= 4 is 0 Å². The van der Waals surface area contributed by atoms with E-state index in [4.69, 9.17) is 5.11 Å². The Morgan fingerprint density at radius 1 is 0.565 bits per heavy atom. The van der Waals surface area contributed by atoms with Crippen molar-refractivity contribution in [2.45, 2.75) is 0 Å². The number of H-pyrrole nitrogens is 3. The van der Waals surface area contributed by atoms with Crippen LogP contribution in [0.3, 0.4) is 0 Å². The van der Waals surface area contributed by atoms with Crippen molar-refractivity contribution in [1.29, 1.82) is 0 Å². The molecule has 122 valence electrons. The summed E-state index contributed by atoms with van der Waals surface area (Å²) in [5.41, 5.74) is 0. The molecule has 6 N–H and O–H groups in total. The number of phenolic OH excluding ortho intramolecular Hbond substituents is 1. The van der Waals surface area contributed by atoms with E-state index in [2.05, 4.69) is 46.2 Å². The Kier molecular flexibility index (Phi) is 12.5. The number of hydrogen-bond acceptors (Lipinski definition) is 7.